The van der Waals surface area contributed by atoms with Crippen LogP contribution in [-0.4, -0.2) is 72.3 Å². The summed E-state index contributed by atoms with van der Waals surface area (Å²) in [6.45, 7) is 2.21. The van der Waals surface area contributed by atoms with Crippen LogP contribution in [0, 0.1) is 11.8 Å². The number of nitrogens with zero attached hydrogens (tertiary/aromatic N) is 1. The first-order chi connectivity index (χ1) is 15.0. The molecule has 3 heterocycles. The van der Waals surface area contributed by atoms with E-state index in [0.29, 0.717) is 30.8 Å². The summed E-state index contributed by atoms with van der Waals surface area (Å²) in [6, 6.07) is 5.98. The molecule has 0 aliphatic carbocycles. The normalized spacial score (nSPS) is 30.9. The van der Waals surface area contributed by atoms with Gasteiger partial charge in [0.1, 0.15) is 17.4 Å². The largest absolute Gasteiger partial charge is 0.497 e. The molecule has 168 valence electrons. The zero-order valence-electron chi connectivity index (χ0n) is 17.8. The molecule has 3 fully saturated rings. The Labute approximate surface area is 181 Å². The molecule has 4 rings (SSSR count). The molecular weight excluding hydrogens is 402 g/mol. The SMILES string of the molecule is CCCNC(=O)[C@@H]1[C@@H]2CCC3(O2)C(C(=O)Nc2ccc(OC)cc2)N(CCO)C(=O)[C@H]13. The lowest BCUT2D eigenvalue weighted by Crippen LogP contribution is -2.53. The molecule has 5 atom stereocenters. The van der Waals surface area contributed by atoms with Gasteiger partial charge in [-0.3, -0.25) is 14.4 Å². The zero-order chi connectivity index (χ0) is 22.2. The first-order valence-corrected chi connectivity index (χ1v) is 10.8. The second-order valence-electron chi connectivity index (χ2n) is 8.32. The summed E-state index contributed by atoms with van der Waals surface area (Å²) in [4.78, 5) is 41.0. The van der Waals surface area contributed by atoms with Gasteiger partial charge in [0, 0.05) is 18.8 Å². The molecule has 3 N–H and O–H groups in total. The summed E-state index contributed by atoms with van der Waals surface area (Å²) in [5.74, 6) is -1.57. The Kier molecular flexibility index (Phi) is 5.90. The maximum absolute atomic E-state index is 13.4. The summed E-state index contributed by atoms with van der Waals surface area (Å²) in [5, 5.41) is 15.3. The Balaban J connectivity index is 1.62. The number of fused-ring (bicyclic) bond motifs is 1. The van der Waals surface area contributed by atoms with Gasteiger partial charge in [0.2, 0.25) is 17.7 Å². The van der Waals surface area contributed by atoms with Crippen LogP contribution < -0.4 is 15.4 Å². The summed E-state index contributed by atoms with van der Waals surface area (Å²) in [6.07, 6.45) is 1.55. The van der Waals surface area contributed by atoms with Crippen molar-refractivity contribution < 1.29 is 29.0 Å². The number of carbonyl (C=O) groups is 3. The van der Waals surface area contributed by atoms with Crippen LogP contribution in [0.1, 0.15) is 26.2 Å². The molecule has 3 aliphatic rings. The van der Waals surface area contributed by atoms with Crippen molar-refractivity contribution in [1.29, 1.82) is 0 Å². The highest BCUT2D eigenvalue weighted by atomic mass is 16.5. The van der Waals surface area contributed by atoms with Gasteiger partial charge in [-0.15, -0.1) is 0 Å². The third-order valence-electron chi connectivity index (χ3n) is 6.60. The van der Waals surface area contributed by atoms with E-state index in [9.17, 15) is 19.5 Å². The summed E-state index contributed by atoms with van der Waals surface area (Å²) >= 11 is 0. The van der Waals surface area contributed by atoms with Gasteiger partial charge in [-0.2, -0.15) is 0 Å². The Morgan fingerprint density at radius 3 is 2.68 bits per heavy atom. The molecule has 2 unspecified atom stereocenters. The van der Waals surface area contributed by atoms with Crippen LogP contribution in [0.3, 0.4) is 0 Å². The number of methoxy groups -OCH3 is 1. The van der Waals surface area contributed by atoms with Crippen LogP contribution in [0.4, 0.5) is 5.69 Å². The van der Waals surface area contributed by atoms with Crippen molar-refractivity contribution in [3.8, 4) is 5.75 Å². The van der Waals surface area contributed by atoms with Crippen molar-refractivity contribution in [2.45, 2.75) is 43.9 Å². The molecule has 0 radical (unpaired) electrons. The fourth-order valence-electron chi connectivity index (χ4n) is 5.35. The van der Waals surface area contributed by atoms with Crippen LogP contribution in [0.2, 0.25) is 0 Å². The van der Waals surface area contributed by atoms with Crippen LogP contribution in [-0.2, 0) is 19.1 Å². The number of aliphatic hydroxyl groups is 1. The molecule has 3 saturated heterocycles. The van der Waals surface area contributed by atoms with E-state index >= 15 is 0 Å². The van der Waals surface area contributed by atoms with Crippen molar-refractivity contribution in [3.63, 3.8) is 0 Å². The molecule has 0 aromatic heterocycles. The Morgan fingerprint density at radius 1 is 1.29 bits per heavy atom. The monoisotopic (exact) mass is 431 g/mol. The first kappa shape index (κ1) is 21.6. The maximum atomic E-state index is 13.4. The second kappa shape index (κ2) is 8.47. The highest BCUT2D eigenvalue weighted by molar-refractivity contribution is 6.03. The fraction of sp³-hybridized carbons (Fsp3) is 0.591. The molecule has 3 amide bonds. The molecule has 9 nitrogen and oxygen atoms in total. The molecule has 1 aromatic rings. The number of amides is 3. The molecule has 2 bridgehead atoms. The van der Waals surface area contributed by atoms with E-state index in [2.05, 4.69) is 10.6 Å². The minimum Gasteiger partial charge on any atom is -0.497 e. The number of carbonyl (C=O) groups excluding carboxylic acids is 3. The Bertz CT molecular complexity index is 859. The number of hydrogen-bond donors (Lipinski definition) is 3. The van der Waals surface area contributed by atoms with Crippen molar-refractivity contribution in [2.24, 2.45) is 11.8 Å². The first-order valence-electron chi connectivity index (χ1n) is 10.8. The van der Waals surface area contributed by atoms with E-state index in [1.54, 1.807) is 31.4 Å². The lowest BCUT2D eigenvalue weighted by Gasteiger charge is -2.33. The van der Waals surface area contributed by atoms with Gasteiger partial charge in [-0.05, 0) is 43.5 Å². The van der Waals surface area contributed by atoms with E-state index in [-0.39, 0.29) is 37.0 Å². The van der Waals surface area contributed by atoms with Crippen LogP contribution in [0.25, 0.3) is 0 Å². The zero-order valence-corrected chi connectivity index (χ0v) is 17.8. The van der Waals surface area contributed by atoms with Gasteiger partial charge in [0.05, 0.1) is 31.7 Å². The van der Waals surface area contributed by atoms with Gasteiger partial charge < -0.3 is 30.1 Å². The van der Waals surface area contributed by atoms with E-state index in [1.165, 1.54) is 4.90 Å². The quantitative estimate of drug-likeness (QED) is 0.553. The number of anilines is 1. The molecule has 3 aliphatic heterocycles. The summed E-state index contributed by atoms with van der Waals surface area (Å²) in [5.41, 5.74) is -0.492. The van der Waals surface area contributed by atoms with E-state index < -0.39 is 23.5 Å². The predicted molar refractivity (Wildman–Crippen MR) is 111 cm³/mol. The maximum Gasteiger partial charge on any atom is 0.250 e. The van der Waals surface area contributed by atoms with Gasteiger partial charge in [-0.25, -0.2) is 0 Å². The number of aliphatic hydroxyl groups excluding tert-OH is 1. The molecule has 0 saturated carbocycles. The van der Waals surface area contributed by atoms with Gasteiger partial charge in [0.25, 0.3) is 0 Å². The lowest BCUT2D eigenvalue weighted by molar-refractivity contribution is -0.141. The number of benzene rings is 1. The molecule has 1 aromatic carbocycles. The molecule has 1 spiro atoms. The number of β-amino-alcohol motifs (C(OH)–C–C–N with tert-alkyl or cyclic N) is 1. The average molecular weight is 431 g/mol. The van der Waals surface area contributed by atoms with Crippen molar-refractivity contribution in [3.05, 3.63) is 24.3 Å². The van der Waals surface area contributed by atoms with Crippen molar-refractivity contribution in [1.82, 2.24) is 10.2 Å². The fourth-order valence-corrected chi connectivity index (χ4v) is 5.35. The number of rotatable bonds is 8. The number of likely N-dealkylation sites (tertiary alicyclic amines) is 1. The van der Waals surface area contributed by atoms with Crippen LogP contribution in [0.15, 0.2) is 24.3 Å². The van der Waals surface area contributed by atoms with Gasteiger partial charge >= 0.3 is 0 Å². The lowest BCUT2D eigenvalue weighted by atomic mass is 9.70. The Morgan fingerprint density at radius 2 is 2.03 bits per heavy atom. The highest BCUT2D eigenvalue weighted by Gasteiger charge is 2.74. The van der Waals surface area contributed by atoms with E-state index in [4.69, 9.17) is 9.47 Å². The van der Waals surface area contributed by atoms with E-state index in [0.717, 1.165) is 6.42 Å². The summed E-state index contributed by atoms with van der Waals surface area (Å²) < 4.78 is 11.4. The predicted octanol–water partition coefficient (Wildman–Crippen LogP) is 0.527. The third kappa shape index (κ3) is 3.45. The number of nitrogens with one attached hydrogen (secondary N) is 2. The topological polar surface area (TPSA) is 117 Å². The van der Waals surface area contributed by atoms with Crippen LogP contribution in [0.5, 0.6) is 5.75 Å². The third-order valence-corrected chi connectivity index (χ3v) is 6.60. The molecule has 31 heavy (non-hydrogen) atoms. The number of hydrogen-bond acceptors (Lipinski definition) is 6. The Hall–Kier alpha value is -2.65. The minimum absolute atomic E-state index is 0.00904. The van der Waals surface area contributed by atoms with Crippen molar-refractivity contribution in [2.75, 3.05) is 32.1 Å². The van der Waals surface area contributed by atoms with E-state index in [1.807, 2.05) is 6.92 Å². The van der Waals surface area contributed by atoms with Crippen molar-refractivity contribution >= 4 is 23.4 Å². The standard InChI is InChI=1S/C22H29N3O6/c1-3-10-23-19(27)16-15-8-9-22(31-15)17(16)21(29)25(11-12-26)18(22)20(28)24-13-4-6-14(30-2)7-5-13/h4-7,15-18,26H,3,8-12H2,1-2H3,(H,23,27)(H,24,28)/t15-,16+,17-,18?,22?/m0/s1. The second-order valence-corrected chi connectivity index (χ2v) is 8.32. The number of ether oxygens (including phenoxy) is 2. The van der Waals surface area contributed by atoms with Gasteiger partial charge in [-0.1, -0.05) is 6.92 Å². The smallest absolute Gasteiger partial charge is 0.250 e. The van der Waals surface area contributed by atoms with Crippen LogP contribution >= 0.6 is 0 Å². The van der Waals surface area contributed by atoms with Gasteiger partial charge in [0.15, 0.2) is 0 Å². The molecule has 9 heteroatoms. The minimum atomic E-state index is -1.05. The summed E-state index contributed by atoms with van der Waals surface area (Å²) in [7, 11) is 1.56. The highest BCUT2D eigenvalue weighted by Crippen LogP contribution is 2.58. The molecular formula is C22H29N3O6. The average Bonchev–Trinajstić information content (AvgIpc) is 3.40.